The number of aryl methyl sites for hydroxylation is 1. The average Bonchev–Trinajstić information content (AvgIpc) is 2.97. The highest BCUT2D eigenvalue weighted by molar-refractivity contribution is 4.99. The van der Waals surface area contributed by atoms with E-state index >= 15 is 0 Å². The van der Waals surface area contributed by atoms with E-state index < -0.39 is 0 Å². The van der Waals surface area contributed by atoms with Gasteiger partial charge in [-0.3, -0.25) is 0 Å². The molecule has 0 saturated carbocycles. The van der Waals surface area contributed by atoms with Gasteiger partial charge in [0.05, 0.1) is 6.54 Å². The van der Waals surface area contributed by atoms with E-state index in [4.69, 9.17) is 5.73 Å². The van der Waals surface area contributed by atoms with Gasteiger partial charge in [-0.05, 0) is 12.8 Å². The Morgan fingerprint density at radius 2 is 2.24 bits per heavy atom. The molecule has 3 rings (SSSR count). The van der Waals surface area contributed by atoms with Gasteiger partial charge in [-0.1, -0.05) is 0 Å². The zero-order valence-corrected chi connectivity index (χ0v) is 9.58. The summed E-state index contributed by atoms with van der Waals surface area (Å²) in [6.07, 6.45) is 5.12. The van der Waals surface area contributed by atoms with Crippen LogP contribution in [0.15, 0.2) is 6.33 Å². The van der Waals surface area contributed by atoms with Gasteiger partial charge < -0.3 is 10.3 Å². The number of fused-ring (bicyclic) bond motifs is 1. The molecule has 17 heavy (non-hydrogen) atoms. The minimum absolute atomic E-state index is 0.366. The Kier molecular flexibility index (Phi) is 2.60. The highest BCUT2D eigenvalue weighted by Gasteiger charge is 2.16. The number of rotatable bonds is 3. The van der Waals surface area contributed by atoms with Crippen LogP contribution in [0.2, 0.25) is 0 Å². The van der Waals surface area contributed by atoms with Crippen molar-refractivity contribution in [2.45, 2.75) is 38.9 Å². The van der Waals surface area contributed by atoms with E-state index in [-0.39, 0.29) is 0 Å². The van der Waals surface area contributed by atoms with Gasteiger partial charge >= 0.3 is 0 Å². The SMILES string of the molecule is NCc1ncn(Cc2nnc3n2CCCC3)n1. The minimum Gasteiger partial charge on any atom is -0.324 e. The molecule has 2 aromatic heterocycles. The summed E-state index contributed by atoms with van der Waals surface area (Å²) < 4.78 is 3.95. The van der Waals surface area contributed by atoms with Gasteiger partial charge in [0.1, 0.15) is 18.7 Å². The van der Waals surface area contributed by atoms with Gasteiger partial charge in [0.25, 0.3) is 0 Å². The third kappa shape index (κ3) is 1.93. The molecular formula is C10H15N7. The van der Waals surface area contributed by atoms with Crippen LogP contribution in [0.25, 0.3) is 0 Å². The molecule has 0 saturated heterocycles. The number of hydrogen-bond donors (Lipinski definition) is 1. The summed E-state index contributed by atoms with van der Waals surface area (Å²) in [6, 6.07) is 0. The predicted molar refractivity (Wildman–Crippen MR) is 60.0 cm³/mol. The van der Waals surface area contributed by atoms with Crippen LogP contribution in [0.1, 0.15) is 30.3 Å². The zero-order valence-electron chi connectivity index (χ0n) is 9.58. The molecule has 0 radical (unpaired) electrons. The quantitative estimate of drug-likeness (QED) is 0.787. The van der Waals surface area contributed by atoms with Crippen molar-refractivity contribution >= 4 is 0 Å². The van der Waals surface area contributed by atoms with E-state index in [2.05, 4.69) is 24.8 Å². The summed E-state index contributed by atoms with van der Waals surface area (Å²) in [4.78, 5) is 4.10. The molecule has 0 bridgehead atoms. The molecule has 3 heterocycles. The van der Waals surface area contributed by atoms with Crippen LogP contribution in [-0.2, 0) is 26.1 Å². The lowest BCUT2D eigenvalue weighted by atomic mass is 10.2. The fourth-order valence-corrected chi connectivity index (χ4v) is 2.13. The first kappa shape index (κ1) is 10.4. The van der Waals surface area contributed by atoms with Crippen molar-refractivity contribution < 1.29 is 0 Å². The first-order valence-electron chi connectivity index (χ1n) is 5.86. The first-order valence-corrected chi connectivity index (χ1v) is 5.86. The fourth-order valence-electron chi connectivity index (χ4n) is 2.13. The van der Waals surface area contributed by atoms with Crippen molar-refractivity contribution in [3.8, 4) is 0 Å². The summed E-state index contributed by atoms with van der Waals surface area (Å²) in [5.41, 5.74) is 5.48. The van der Waals surface area contributed by atoms with Crippen LogP contribution in [0.4, 0.5) is 0 Å². The largest absolute Gasteiger partial charge is 0.324 e. The van der Waals surface area contributed by atoms with Gasteiger partial charge in [0.2, 0.25) is 0 Å². The molecule has 0 aliphatic carbocycles. The van der Waals surface area contributed by atoms with Gasteiger partial charge in [0.15, 0.2) is 11.6 Å². The number of aromatic nitrogens is 6. The lowest BCUT2D eigenvalue weighted by Gasteiger charge is -2.14. The zero-order chi connectivity index (χ0) is 11.7. The second kappa shape index (κ2) is 4.25. The van der Waals surface area contributed by atoms with Crippen LogP contribution in [0, 0.1) is 0 Å². The first-order chi connectivity index (χ1) is 8.36. The standard InChI is InChI=1S/C10H15N7/c11-5-8-12-7-16(15-8)6-10-14-13-9-3-1-2-4-17(9)10/h7H,1-6,11H2. The summed E-state index contributed by atoms with van der Waals surface area (Å²) in [7, 11) is 0. The average molecular weight is 233 g/mol. The van der Waals surface area contributed by atoms with E-state index in [0.717, 1.165) is 24.6 Å². The molecule has 0 amide bonds. The van der Waals surface area contributed by atoms with Crippen molar-refractivity contribution in [1.29, 1.82) is 0 Å². The fraction of sp³-hybridized carbons (Fsp3) is 0.600. The van der Waals surface area contributed by atoms with Gasteiger partial charge in [-0.25, -0.2) is 9.67 Å². The van der Waals surface area contributed by atoms with Crippen LogP contribution in [-0.4, -0.2) is 29.5 Å². The van der Waals surface area contributed by atoms with Crippen LogP contribution in [0.3, 0.4) is 0 Å². The lowest BCUT2D eigenvalue weighted by molar-refractivity contribution is 0.495. The smallest absolute Gasteiger partial charge is 0.164 e. The molecule has 0 unspecified atom stereocenters. The summed E-state index contributed by atoms with van der Waals surface area (Å²) >= 11 is 0. The molecule has 7 heteroatoms. The molecule has 0 spiro atoms. The second-order valence-corrected chi connectivity index (χ2v) is 4.20. The molecule has 0 aromatic carbocycles. The maximum atomic E-state index is 5.48. The van der Waals surface area contributed by atoms with Crippen LogP contribution >= 0.6 is 0 Å². The Bertz CT molecular complexity index is 512. The topological polar surface area (TPSA) is 87.4 Å². The minimum atomic E-state index is 0.366. The Hall–Kier alpha value is -1.76. The molecule has 7 nitrogen and oxygen atoms in total. The summed E-state index contributed by atoms with van der Waals surface area (Å²) in [5, 5.41) is 12.7. The highest BCUT2D eigenvalue weighted by atomic mass is 15.4. The van der Waals surface area contributed by atoms with Crippen molar-refractivity contribution in [3.63, 3.8) is 0 Å². The monoisotopic (exact) mass is 233 g/mol. The van der Waals surface area contributed by atoms with Crippen molar-refractivity contribution in [2.24, 2.45) is 5.73 Å². The normalized spacial score (nSPS) is 14.9. The van der Waals surface area contributed by atoms with Gasteiger partial charge in [-0.2, -0.15) is 5.10 Å². The van der Waals surface area contributed by atoms with E-state index in [1.165, 1.54) is 12.8 Å². The second-order valence-electron chi connectivity index (χ2n) is 4.20. The number of nitrogens with zero attached hydrogens (tertiary/aromatic N) is 6. The highest BCUT2D eigenvalue weighted by Crippen LogP contribution is 2.14. The Labute approximate surface area is 98.7 Å². The molecule has 2 aromatic rings. The molecule has 0 fully saturated rings. The van der Waals surface area contributed by atoms with Crippen molar-refractivity contribution in [1.82, 2.24) is 29.5 Å². The molecule has 0 atom stereocenters. The van der Waals surface area contributed by atoms with Crippen molar-refractivity contribution in [3.05, 3.63) is 23.8 Å². The maximum absolute atomic E-state index is 5.48. The number of nitrogens with two attached hydrogens (primary N) is 1. The number of hydrogen-bond acceptors (Lipinski definition) is 5. The summed E-state index contributed by atoms with van der Waals surface area (Å²) in [6.45, 7) is 1.99. The summed E-state index contributed by atoms with van der Waals surface area (Å²) in [5.74, 6) is 2.70. The molecule has 1 aliphatic rings. The maximum Gasteiger partial charge on any atom is 0.164 e. The third-order valence-corrected chi connectivity index (χ3v) is 3.01. The van der Waals surface area contributed by atoms with Crippen molar-refractivity contribution in [2.75, 3.05) is 0 Å². The van der Waals surface area contributed by atoms with Gasteiger partial charge in [0, 0.05) is 13.0 Å². The molecule has 90 valence electrons. The molecule has 2 N–H and O–H groups in total. The van der Waals surface area contributed by atoms with Gasteiger partial charge in [-0.15, -0.1) is 10.2 Å². The molecule has 1 aliphatic heterocycles. The Morgan fingerprint density at radius 3 is 3.06 bits per heavy atom. The van der Waals surface area contributed by atoms with Crippen LogP contribution < -0.4 is 5.73 Å². The van der Waals surface area contributed by atoms with E-state index in [1.807, 2.05) is 0 Å². The van der Waals surface area contributed by atoms with E-state index in [1.54, 1.807) is 11.0 Å². The third-order valence-electron chi connectivity index (χ3n) is 3.01. The molecular weight excluding hydrogens is 218 g/mol. The predicted octanol–water partition coefficient (Wildman–Crippen LogP) is -0.287. The van der Waals surface area contributed by atoms with Crippen LogP contribution in [0.5, 0.6) is 0 Å². The van der Waals surface area contributed by atoms with E-state index in [0.29, 0.717) is 18.9 Å². The Morgan fingerprint density at radius 1 is 1.29 bits per heavy atom. The lowest BCUT2D eigenvalue weighted by Crippen LogP contribution is -2.15. The Balaban J connectivity index is 1.82. The van der Waals surface area contributed by atoms with E-state index in [9.17, 15) is 0 Å².